The van der Waals surface area contributed by atoms with Crippen molar-refractivity contribution in [2.45, 2.75) is 0 Å². The van der Waals surface area contributed by atoms with E-state index in [1.807, 2.05) is 30.3 Å². The summed E-state index contributed by atoms with van der Waals surface area (Å²) in [5.74, 6) is 0. The van der Waals surface area contributed by atoms with Crippen molar-refractivity contribution in [1.82, 2.24) is 9.38 Å². The van der Waals surface area contributed by atoms with Crippen molar-refractivity contribution in [3.05, 3.63) is 83.9 Å². The fourth-order valence-electron chi connectivity index (χ4n) is 3.33. The molecule has 3 aromatic carbocycles. The molecule has 3 heteroatoms. The molecule has 114 valence electrons. The van der Waals surface area contributed by atoms with Gasteiger partial charge in [0.15, 0.2) is 0 Å². The van der Waals surface area contributed by atoms with Crippen LogP contribution in [0.15, 0.2) is 78.9 Å². The van der Waals surface area contributed by atoms with Crippen LogP contribution in [0.4, 0.5) is 0 Å². The molecule has 0 aliphatic heterocycles. The predicted molar refractivity (Wildman–Crippen MR) is 101 cm³/mol. The largest absolute Gasteiger partial charge is 0.306 e. The second-order valence-corrected chi connectivity index (χ2v) is 6.32. The van der Waals surface area contributed by atoms with E-state index < -0.39 is 0 Å². The van der Waals surface area contributed by atoms with Crippen LogP contribution >= 0.6 is 11.6 Å². The minimum absolute atomic E-state index is 0.733. The van der Waals surface area contributed by atoms with Gasteiger partial charge in [-0.2, -0.15) is 0 Å². The Bertz CT molecular complexity index is 1200. The first kappa shape index (κ1) is 13.6. The highest BCUT2D eigenvalue weighted by molar-refractivity contribution is 6.30. The molecule has 0 fully saturated rings. The number of halogens is 1. The molecule has 0 unspecified atom stereocenters. The second-order valence-electron chi connectivity index (χ2n) is 5.88. The van der Waals surface area contributed by atoms with Crippen molar-refractivity contribution in [3.63, 3.8) is 0 Å². The van der Waals surface area contributed by atoms with Gasteiger partial charge in [0.25, 0.3) is 0 Å². The zero-order chi connectivity index (χ0) is 16.1. The molecule has 0 aliphatic carbocycles. The van der Waals surface area contributed by atoms with Crippen molar-refractivity contribution >= 4 is 39.1 Å². The van der Waals surface area contributed by atoms with Crippen LogP contribution in [-0.4, -0.2) is 9.38 Å². The Kier molecular flexibility index (Phi) is 2.88. The van der Waals surface area contributed by atoms with Crippen molar-refractivity contribution in [2.24, 2.45) is 0 Å². The first-order chi connectivity index (χ1) is 11.8. The van der Waals surface area contributed by atoms with Gasteiger partial charge in [0.05, 0.1) is 27.8 Å². The monoisotopic (exact) mass is 328 g/mol. The summed E-state index contributed by atoms with van der Waals surface area (Å²) >= 11 is 6.05. The van der Waals surface area contributed by atoms with Gasteiger partial charge in [-0.1, -0.05) is 54.1 Å². The zero-order valence-electron chi connectivity index (χ0n) is 12.8. The number of rotatable bonds is 1. The van der Waals surface area contributed by atoms with Gasteiger partial charge in [-0.15, -0.1) is 0 Å². The molecule has 2 nitrogen and oxygen atoms in total. The summed E-state index contributed by atoms with van der Waals surface area (Å²) in [7, 11) is 0. The summed E-state index contributed by atoms with van der Waals surface area (Å²) in [4.78, 5) is 4.93. The number of para-hydroxylation sites is 3. The van der Waals surface area contributed by atoms with Crippen molar-refractivity contribution in [2.75, 3.05) is 0 Å². The van der Waals surface area contributed by atoms with E-state index in [9.17, 15) is 0 Å². The lowest BCUT2D eigenvalue weighted by Crippen LogP contribution is -1.95. The number of benzene rings is 3. The van der Waals surface area contributed by atoms with Crippen molar-refractivity contribution < 1.29 is 0 Å². The SMILES string of the molecule is Clc1ccc(-c2nc3ccccc3n3c2cc2ccccc23)cc1. The Labute approximate surface area is 143 Å². The van der Waals surface area contributed by atoms with Gasteiger partial charge in [-0.3, -0.25) is 0 Å². The Morgan fingerprint density at radius 3 is 2.25 bits per heavy atom. The Morgan fingerprint density at radius 1 is 0.708 bits per heavy atom. The molecule has 5 aromatic rings. The van der Waals surface area contributed by atoms with E-state index in [1.54, 1.807) is 0 Å². The molecular weight excluding hydrogens is 316 g/mol. The van der Waals surface area contributed by atoms with Crippen LogP contribution < -0.4 is 0 Å². The van der Waals surface area contributed by atoms with Gasteiger partial charge in [-0.25, -0.2) is 4.98 Å². The number of hydrogen-bond donors (Lipinski definition) is 0. The van der Waals surface area contributed by atoms with E-state index in [-0.39, 0.29) is 0 Å². The topological polar surface area (TPSA) is 17.3 Å². The summed E-state index contributed by atoms with van der Waals surface area (Å²) in [5, 5.41) is 1.95. The number of nitrogens with zero attached hydrogens (tertiary/aromatic N) is 2. The lowest BCUT2D eigenvalue weighted by molar-refractivity contribution is 1.27. The number of hydrogen-bond acceptors (Lipinski definition) is 1. The molecule has 0 bridgehead atoms. The number of aromatic nitrogens is 2. The molecule has 0 saturated heterocycles. The van der Waals surface area contributed by atoms with Crippen LogP contribution in [0.5, 0.6) is 0 Å². The van der Waals surface area contributed by atoms with E-state index in [0.29, 0.717) is 0 Å². The molecular formula is C21H13ClN2. The van der Waals surface area contributed by atoms with Gasteiger partial charge < -0.3 is 4.40 Å². The number of fused-ring (bicyclic) bond motifs is 5. The average Bonchev–Trinajstić information content (AvgIpc) is 3.02. The van der Waals surface area contributed by atoms with E-state index in [1.165, 1.54) is 10.9 Å². The zero-order valence-corrected chi connectivity index (χ0v) is 13.5. The molecule has 0 amide bonds. The van der Waals surface area contributed by atoms with Crippen molar-refractivity contribution in [3.8, 4) is 11.3 Å². The molecule has 0 radical (unpaired) electrons. The summed E-state index contributed by atoms with van der Waals surface area (Å²) in [6.07, 6.45) is 0. The molecule has 2 aromatic heterocycles. The summed E-state index contributed by atoms with van der Waals surface area (Å²) in [6, 6.07) is 26.8. The summed E-state index contributed by atoms with van der Waals surface area (Å²) in [6.45, 7) is 0. The van der Waals surface area contributed by atoms with Gasteiger partial charge >= 0.3 is 0 Å². The summed E-state index contributed by atoms with van der Waals surface area (Å²) < 4.78 is 2.29. The van der Waals surface area contributed by atoms with Crippen LogP contribution in [0.2, 0.25) is 5.02 Å². The third-order valence-electron chi connectivity index (χ3n) is 4.43. The molecule has 0 saturated carbocycles. The predicted octanol–water partition coefficient (Wildman–Crippen LogP) is 5.96. The lowest BCUT2D eigenvalue weighted by atomic mass is 10.1. The third-order valence-corrected chi connectivity index (χ3v) is 4.68. The normalized spacial score (nSPS) is 11.5. The lowest BCUT2D eigenvalue weighted by Gasteiger charge is -2.09. The van der Waals surface area contributed by atoms with Crippen LogP contribution in [0.3, 0.4) is 0 Å². The maximum atomic E-state index is 6.05. The molecule has 0 spiro atoms. The highest BCUT2D eigenvalue weighted by Gasteiger charge is 2.13. The van der Waals surface area contributed by atoms with Gasteiger partial charge in [0.2, 0.25) is 0 Å². The van der Waals surface area contributed by atoms with E-state index in [2.05, 4.69) is 52.9 Å². The van der Waals surface area contributed by atoms with Crippen LogP contribution in [0.25, 0.3) is 38.7 Å². The fraction of sp³-hybridized carbons (Fsp3) is 0. The second kappa shape index (κ2) is 5.08. The molecule has 0 aliphatic rings. The fourth-order valence-corrected chi connectivity index (χ4v) is 3.46. The molecule has 0 atom stereocenters. The molecule has 5 rings (SSSR count). The van der Waals surface area contributed by atoms with Crippen LogP contribution in [-0.2, 0) is 0 Å². The molecule has 24 heavy (non-hydrogen) atoms. The Hall–Kier alpha value is -2.84. The Morgan fingerprint density at radius 2 is 1.42 bits per heavy atom. The van der Waals surface area contributed by atoms with Crippen molar-refractivity contribution in [1.29, 1.82) is 0 Å². The summed E-state index contributed by atoms with van der Waals surface area (Å²) in [5.41, 5.74) is 6.45. The highest BCUT2D eigenvalue weighted by Crippen LogP contribution is 2.32. The average molecular weight is 329 g/mol. The minimum atomic E-state index is 0.733. The molecule has 2 heterocycles. The van der Waals surface area contributed by atoms with E-state index in [0.717, 1.165) is 32.8 Å². The minimum Gasteiger partial charge on any atom is -0.306 e. The maximum absolute atomic E-state index is 6.05. The maximum Gasteiger partial charge on any atom is 0.0950 e. The van der Waals surface area contributed by atoms with Gasteiger partial charge in [0.1, 0.15) is 0 Å². The standard InChI is InChI=1S/C21H13ClN2/c22-16-11-9-14(10-12-16)21-20-13-15-5-1-3-7-18(15)24(20)19-8-4-2-6-17(19)23-21/h1-13H. The third kappa shape index (κ3) is 1.93. The smallest absolute Gasteiger partial charge is 0.0950 e. The van der Waals surface area contributed by atoms with Crippen LogP contribution in [0.1, 0.15) is 0 Å². The molecule has 0 N–H and O–H groups in total. The highest BCUT2D eigenvalue weighted by atomic mass is 35.5. The van der Waals surface area contributed by atoms with Gasteiger partial charge in [-0.05, 0) is 36.4 Å². The first-order valence-electron chi connectivity index (χ1n) is 7.86. The van der Waals surface area contributed by atoms with Gasteiger partial charge in [0, 0.05) is 16.0 Å². The first-order valence-corrected chi connectivity index (χ1v) is 8.24. The van der Waals surface area contributed by atoms with Crippen LogP contribution in [0, 0.1) is 0 Å². The van der Waals surface area contributed by atoms with E-state index >= 15 is 0 Å². The van der Waals surface area contributed by atoms with E-state index in [4.69, 9.17) is 16.6 Å². The quantitative estimate of drug-likeness (QED) is 0.371. The Balaban J connectivity index is 2.00.